The van der Waals surface area contributed by atoms with Crippen molar-refractivity contribution in [3.8, 4) is 0 Å². The number of likely N-dealkylation sites (N-methyl/N-ethyl adjacent to an activating group) is 1. The Balaban J connectivity index is 2.09. The highest BCUT2D eigenvalue weighted by molar-refractivity contribution is 6.35. The predicted molar refractivity (Wildman–Crippen MR) is 85.6 cm³/mol. The molecular formula is C16H18Cl2N2. The molecule has 0 aliphatic rings. The van der Waals surface area contributed by atoms with Crippen molar-refractivity contribution in [3.05, 3.63) is 63.9 Å². The Morgan fingerprint density at radius 2 is 2.05 bits per heavy atom. The Labute approximate surface area is 130 Å². The monoisotopic (exact) mass is 308 g/mol. The molecule has 2 aromatic rings. The zero-order chi connectivity index (χ0) is 14.4. The Morgan fingerprint density at radius 1 is 1.20 bits per heavy atom. The molecule has 20 heavy (non-hydrogen) atoms. The number of halogens is 2. The molecule has 0 saturated carbocycles. The summed E-state index contributed by atoms with van der Waals surface area (Å²) in [5.74, 6) is 0. The molecule has 0 radical (unpaired) electrons. The molecule has 4 heteroatoms. The van der Waals surface area contributed by atoms with Crippen molar-refractivity contribution >= 4 is 23.2 Å². The number of pyridine rings is 1. The molecule has 1 heterocycles. The van der Waals surface area contributed by atoms with Crippen LogP contribution < -0.4 is 5.32 Å². The minimum Gasteiger partial charge on any atom is -0.314 e. The van der Waals surface area contributed by atoms with Crippen LogP contribution in [-0.4, -0.2) is 17.6 Å². The highest BCUT2D eigenvalue weighted by atomic mass is 35.5. The Bertz CT molecular complexity index is 543. The minimum absolute atomic E-state index is 0.336. The predicted octanol–water partition coefficient (Wildman–Crippen LogP) is 4.15. The molecule has 106 valence electrons. The summed E-state index contributed by atoms with van der Waals surface area (Å²) in [5, 5.41) is 4.90. The Morgan fingerprint density at radius 3 is 2.70 bits per heavy atom. The van der Waals surface area contributed by atoms with E-state index in [1.807, 2.05) is 24.4 Å². The van der Waals surface area contributed by atoms with Crippen molar-refractivity contribution in [1.82, 2.24) is 10.3 Å². The van der Waals surface area contributed by atoms with Gasteiger partial charge in [-0.25, -0.2) is 0 Å². The van der Waals surface area contributed by atoms with Gasteiger partial charge in [0.1, 0.15) is 0 Å². The van der Waals surface area contributed by atoms with Crippen molar-refractivity contribution in [3.63, 3.8) is 0 Å². The Hall–Kier alpha value is -1.09. The van der Waals surface area contributed by atoms with Crippen LogP contribution in [0.25, 0.3) is 0 Å². The zero-order valence-electron chi connectivity index (χ0n) is 11.4. The topological polar surface area (TPSA) is 24.9 Å². The first-order chi connectivity index (χ1) is 9.69. The van der Waals surface area contributed by atoms with Gasteiger partial charge in [-0.1, -0.05) is 42.3 Å². The van der Waals surface area contributed by atoms with Crippen LogP contribution in [0, 0.1) is 0 Å². The van der Waals surface area contributed by atoms with Crippen molar-refractivity contribution in [2.45, 2.75) is 25.8 Å². The molecule has 0 aliphatic heterocycles. The van der Waals surface area contributed by atoms with E-state index in [4.69, 9.17) is 23.2 Å². The van der Waals surface area contributed by atoms with Gasteiger partial charge in [-0.15, -0.1) is 0 Å². The van der Waals surface area contributed by atoms with Gasteiger partial charge in [-0.2, -0.15) is 0 Å². The molecule has 2 rings (SSSR count). The van der Waals surface area contributed by atoms with Gasteiger partial charge in [0, 0.05) is 28.5 Å². The van der Waals surface area contributed by atoms with Gasteiger partial charge in [0.25, 0.3) is 0 Å². The summed E-state index contributed by atoms with van der Waals surface area (Å²) in [6.45, 7) is 3.04. The molecule has 0 spiro atoms. The molecule has 1 atom stereocenters. The van der Waals surface area contributed by atoms with Crippen molar-refractivity contribution in [2.75, 3.05) is 6.54 Å². The van der Waals surface area contributed by atoms with E-state index >= 15 is 0 Å². The Kier molecular flexibility index (Phi) is 5.84. The highest BCUT2D eigenvalue weighted by Crippen LogP contribution is 2.22. The van der Waals surface area contributed by atoms with Gasteiger partial charge in [0.05, 0.1) is 0 Å². The van der Waals surface area contributed by atoms with E-state index in [0.717, 1.165) is 30.0 Å². The minimum atomic E-state index is 0.336. The number of aromatic nitrogens is 1. The summed E-state index contributed by atoms with van der Waals surface area (Å²) < 4.78 is 0. The maximum Gasteiger partial charge on any atom is 0.0453 e. The van der Waals surface area contributed by atoms with Crippen LogP contribution in [0.4, 0.5) is 0 Å². The number of hydrogen-bond acceptors (Lipinski definition) is 2. The lowest BCUT2D eigenvalue weighted by molar-refractivity contribution is 0.521. The fourth-order valence-corrected chi connectivity index (χ4v) is 2.75. The van der Waals surface area contributed by atoms with Gasteiger partial charge in [-0.05, 0) is 48.7 Å². The second kappa shape index (κ2) is 7.63. The van der Waals surface area contributed by atoms with Crippen molar-refractivity contribution in [2.24, 2.45) is 0 Å². The third kappa shape index (κ3) is 4.48. The standard InChI is InChI=1S/C16H18Cl2N2/c1-2-20-15(8-12-4-3-7-19-11-12)9-13-5-6-14(17)10-16(13)18/h3-7,10-11,15,20H,2,8-9H2,1H3. The molecule has 1 unspecified atom stereocenters. The summed E-state index contributed by atoms with van der Waals surface area (Å²) in [6.07, 6.45) is 5.51. The first kappa shape index (κ1) is 15.3. The molecule has 0 aliphatic carbocycles. The van der Waals surface area contributed by atoms with Crippen LogP contribution in [0.1, 0.15) is 18.1 Å². The average Bonchev–Trinajstić information content (AvgIpc) is 2.43. The summed E-state index contributed by atoms with van der Waals surface area (Å²) >= 11 is 12.2. The molecule has 0 fully saturated rings. The largest absolute Gasteiger partial charge is 0.314 e. The second-order valence-electron chi connectivity index (χ2n) is 4.76. The van der Waals surface area contributed by atoms with Crippen LogP contribution >= 0.6 is 23.2 Å². The van der Waals surface area contributed by atoms with Crippen LogP contribution in [0.3, 0.4) is 0 Å². The zero-order valence-corrected chi connectivity index (χ0v) is 13.0. The first-order valence-corrected chi connectivity index (χ1v) is 7.51. The number of nitrogens with zero attached hydrogens (tertiary/aromatic N) is 1. The molecular weight excluding hydrogens is 291 g/mol. The fourth-order valence-electron chi connectivity index (χ4n) is 2.26. The molecule has 0 bridgehead atoms. The van der Waals surface area contributed by atoms with Crippen molar-refractivity contribution in [1.29, 1.82) is 0 Å². The van der Waals surface area contributed by atoms with E-state index in [0.29, 0.717) is 11.1 Å². The third-order valence-electron chi connectivity index (χ3n) is 3.18. The summed E-state index contributed by atoms with van der Waals surface area (Å²) in [7, 11) is 0. The quantitative estimate of drug-likeness (QED) is 0.867. The van der Waals surface area contributed by atoms with Crippen LogP contribution in [-0.2, 0) is 12.8 Å². The lowest BCUT2D eigenvalue weighted by Crippen LogP contribution is -2.33. The van der Waals surface area contributed by atoms with Gasteiger partial charge < -0.3 is 5.32 Å². The fraction of sp³-hybridized carbons (Fsp3) is 0.312. The van der Waals surface area contributed by atoms with Gasteiger partial charge in [0.15, 0.2) is 0 Å². The van der Waals surface area contributed by atoms with Gasteiger partial charge in [0.2, 0.25) is 0 Å². The third-order valence-corrected chi connectivity index (χ3v) is 3.77. The van der Waals surface area contributed by atoms with Crippen LogP contribution in [0.2, 0.25) is 10.0 Å². The summed E-state index contributed by atoms with van der Waals surface area (Å²) in [5.41, 5.74) is 2.34. The maximum absolute atomic E-state index is 6.25. The smallest absolute Gasteiger partial charge is 0.0453 e. The van der Waals surface area contributed by atoms with E-state index in [1.54, 1.807) is 12.3 Å². The second-order valence-corrected chi connectivity index (χ2v) is 5.60. The number of benzene rings is 1. The van der Waals surface area contributed by atoms with Gasteiger partial charge in [-0.3, -0.25) is 4.98 Å². The SMILES string of the molecule is CCNC(Cc1cccnc1)Cc1ccc(Cl)cc1Cl. The normalized spacial score (nSPS) is 12.3. The molecule has 1 aromatic carbocycles. The number of nitrogens with one attached hydrogen (secondary N) is 1. The van der Waals surface area contributed by atoms with E-state index < -0.39 is 0 Å². The molecule has 0 saturated heterocycles. The number of hydrogen-bond donors (Lipinski definition) is 1. The first-order valence-electron chi connectivity index (χ1n) is 6.75. The van der Waals surface area contributed by atoms with Gasteiger partial charge >= 0.3 is 0 Å². The lowest BCUT2D eigenvalue weighted by Gasteiger charge is -2.18. The number of rotatable bonds is 6. The maximum atomic E-state index is 6.25. The molecule has 0 amide bonds. The highest BCUT2D eigenvalue weighted by Gasteiger charge is 2.12. The van der Waals surface area contributed by atoms with Crippen LogP contribution in [0.15, 0.2) is 42.7 Å². The van der Waals surface area contributed by atoms with E-state index in [2.05, 4.69) is 23.3 Å². The summed E-state index contributed by atoms with van der Waals surface area (Å²) in [6, 6.07) is 10.1. The van der Waals surface area contributed by atoms with E-state index in [1.165, 1.54) is 5.56 Å². The lowest BCUT2D eigenvalue weighted by atomic mass is 10.00. The average molecular weight is 309 g/mol. The molecule has 2 nitrogen and oxygen atoms in total. The molecule has 1 aromatic heterocycles. The molecule has 1 N–H and O–H groups in total. The summed E-state index contributed by atoms with van der Waals surface area (Å²) in [4.78, 5) is 4.16. The van der Waals surface area contributed by atoms with Crippen molar-refractivity contribution < 1.29 is 0 Å². The van der Waals surface area contributed by atoms with E-state index in [-0.39, 0.29) is 0 Å². The van der Waals surface area contributed by atoms with E-state index in [9.17, 15) is 0 Å². The van der Waals surface area contributed by atoms with Crippen LogP contribution in [0.5, 0.6) is 0 Å².